The van der Waals surface area contributed by atoms with Gasteiger partial charge in [-0.3, -0.25) is 4.79 Å². The molecule has 3 atom stereocenters. The van der Waals surface area contributed by atoms with Gasteiger partial charge in [-0.2, -0.15) is 0 Å². The lowest BCUT2D eigenvalue weighted by Crippen LogP contribution is -2.69. The summed E-state index contributed by atoms with van der Waals surface area (Å²) < 4.78 is 5.84. The molecular formula is C15H26N2O2. The fourth-order valence-electron chi connectivity index (χ4n) is 3.60. The van der Waals surface area contributed by atoms with Gasteiger partial charge in [0.05, 0.1) is 12.1 Å². The average Bonchev–Trinajstić information content (AvgIpc) is 3.08. The number of ether oxygens (including phenoxy) is 1. The van der Waals surface area contributed by atoms with Crippen LogP contribution in [0.2, 0.25) is 0 Å². The summed E-state index contributed by atoms with van der Waals surface area (Å²) in [6.07, 6.45) is 7.61. The molecule has 0 heterocycles. The maximum atomic E-state index is 12.0. The van der Waals surface area contributed by atoms with E-state index in [2.05, 4.69) is 17.6 Å². The summed E-state index contributed by atoms with van der Waals surface area (Å²) in [7, 11) is 0. The van der Waals surface area contributed by atoms with Crippen LogP contribution in [0.4, 0.5) is 0 Å². The molecule has 1 spiro atoms. The topological polar surface area (TPSA) is 50.4 Å². The van der Waals surface area contributed by atoms with Gasteiger partial charge in [-0.15, -0.1) is 0 Å². The molecule has 0 bridgehead atoms. The van der Waals surface area contributed by atoms with Gasteiger partial charge in [-0.1, -0.05) is 6.42 Å². The molecule has 0 saturated heterocycles. The largest absolute Gasteiger partial charge is 0.378 e. The van der Waals surface area contributed by atoms with Crippen LogP contribution < -0.4 is 10.6 Å². The zero-order valence-electron chi connectivity index (χ0n) is 12.1. The van der Waals surface area contributed by atoms with Crippen molar-refractivity contribution in [3.05, 3.63) is 0 Å². The van der Waals surface area contributed by atoms with E-state index in [4.69, 9.17) is 4.74 Å². The molecule has 3 fully saturated rings. The second kappa shape index (κ2) is 5.06. The molecule has 19 heavy (non-hydrogen) atoms. The van der Waals surface area contributed by atoms with E-state index >= 15 is 0 Å². The van der Waals surface area contributed by atoms with Crippen molar-refractivity contribution in [2.45, 2.75) is 76.6 Å². The van der Waals surface area contributed by atoms with Crippen LogP contribution in [0.5, 0.6) is 0 Å². The standard InChI is InChI=1S/C15H26N2O2/c1-3-19-13-9-12(15(13)7-4-8-15)16-10(2)14(18)17-11-5-6-11/h10-13,16H,3-9H2,1-2H3,(H,17,18). The van der Waals surface area contributed by atoms with Gasteiger partial charge in [-0.25, -0.2) is 0 Å². The molecule has 4 nitrogen and oxygen atoms in total. The maximum absolute atomic E-state index is 12.0. The Morgan fingerprint density at radius 2 is 2.16 bits per heavy atom. The molecule has 1 amide bonds. The van der Waals surface area contributed by atoms with Gasteiger partial charge in [-0.05, 0) is 46.0 Å². The number of carbonyl (C=O) groups is 1. The number of hydrogen-bond acceptors (Lipinski definition) is 3. The van der Waals surface area contributed by atoms with Crippen LogP contribution in [-0.2, 0) is 9.53 Å². The highest BCUT2D eigenvalue weighted by Gasteiger charge is 2.59. The minimum atomic E-state index is -0.0781. The molecule has 0 aliphatic heterocycles. The van der Waals surface area contributed by atoms with E-state index in [1.54, 1.807) is 0 Å². The van der Waals surface area contributed by atoms with Crippen LogP contribution in [0.15, 0.2) is 0 Å². The molecule has 3 rings (SSSR count). The zero-order chi connectivity index (χ0) is 13.5. The van der Waals surface area contributed by atoms with Crippen molar-refractivity contribution in [1.82, 2.24) is 10.6 Å². The van der Waals surface area contributed by atoms with Crippen LogP contribution in [0.3, 0.4) is 0 Å². The lowest BCUT2D eigenvalue weighted by atomic mass is 9.51. The third-order valence-corrected chi connectivity index (χ3v) is 5.21. The Balaban J connectivity index is 1.51. The summed E-state index contributed by atoms with van der Waals surface area (Å²) in [4.78, 5) is 12.0. The molecule has 3 aliphatic rings. The fourth-order valence-corrected chi connectivity index (χ4v) is 3.60. The summed E-state index contributed by atoms with van der Waals surface area (Å²) in [5.74, 6) is 0.164. The highest BCUT2D eigenvalue weighted by atomic mass is 16.5. The Bertz CT molecular complexity index is 350. The molecule has 0 radical (unpaired) electrons. The Kier molecular flexibility index (Phi) is 3.56. The summed E-state index contributed by atoms with van der Waals surface area (Å²) in [5, 5.41) is 6.61. The molecule has 108 valence electrons. The van der Waals surface area contributed by atoms with Crippen molar-refractivity contribution in [2.24, 2.45) is 5.41 Å². The second-order valence-electron chi connectivity index (χ2n) is 6.49. The minimum absolute atomic E-state index is 0.0781. The van der Waals surface area contributed by atoms with Crippen LogP contribution in [-0.4, -0.2) is 36.7 Å². The molecule has 3 saturated carbocycles. The molecule has 4 heteroatoms. The monoisotopic (exact) mass is 266 g/mol. The van der Waals surface area contributed by atoms with E-state index in [1.165, 1.54) is 19.3 Å². The first-order valence-corrected chi connectivity index (χ1v) is 7.84. The molecule has 0 aromatic heterocycles. The maximum Gasteiger partial charge on any atom is 0.237 e. The first-order chi connectivity index (χ1) is 9.15. The summed E-state index contributed by atoms with van der Waals surface area (Å²) in [6.45, 7) is 4.85. The molecule has 2 N–H and O–H groups in total. The van der Waals surface area contributed by atoms with Crippen LogP contribution in [0.1, 0.15) is 52.4 Å². The molecule has 0 aromatic rings. The SMILES string of the molecule is CCOC1CC(NC(C)C(=O)NC2CC2)C12CCC2. The number of nitrogens with one attached hydrogen (secondary N) is 2. The van der Waals surface area contributed by atoms with Crippen LogP contribution >= 0.6 is 0 Å². The Morgan fingerprint density at radius 1 is 1.42 bits per heavy atom. The van der Waals surface area contributed by atoms with Crippen LogP contribution in [0.25, 0.3) is 0 Å². The fraction of sp³-hybridized carbons (Fsp3) is 0.933. The summed E-state index contributed by atoms with van der Waals surface area (Å²) in [6, 6.07) is 0.843. The number of hydrogen-bond donors (Lipinski definition) is 2. The highest BCUT2D eigenvalue weighted by molar-refractivity contribution is 5.81. The van der Waals surface area contributed by atoms with Gasteiger partial charge >= 0.3 is 0 Å². The smallest absolute Gasteiger partial charge is 0.237 e. The molecule has 0 aromatic carbocycles. The Hall–Kier alpha value is -0.610. The van der Waals surface area contributed by atoms with E-state index in [9.17, 15) is 4.79 Å². The zero-order valence-corrected chi connectivity index (χ0v) is 12.1. The highest BCUT2D eigenvalue weighted by Crippen LogP contribution is 2.57. The minimum Gasteiger partial charge on any atom is -0.378 e. The first-order valence-electron chi connectivity index (χ1n) is 7.84. The van der Waals surface area contributed by atoms with Crippen molar-refractivity contribution in [3.8, 4) is 0 Å². The van der Waals surface area contributed by atoms with E-state index in [-0.39, 0.29) is 11.9 Å². The van der Waals surface area contributed by atoms with Crippen molar-refractivity contribution < 1.29 is 9.53 Å². The average molecular weight is 266 g/mol. The van der Waals surface area contributed by atoms with Gasteiger partial charge < -0.3 is 15.4 Å². The summed E-state index contributed by atoms with van der Waals surface area (Å²) >= 11 is 0. The molecule has 3 aliphatic carbocycles. The van der Waals surface area contributed by atoms with Gasteiger partial charge in [0, 0.05) is 24.1 Å². The lowest BCUT2D eigenvalue weighted by Gasteiger charge is -2.61. The lowest BCUT2D eigenvalue weighted by molar-refractivity contribution is -0.175. The van der Waals surface area contributed by atoms with E-state index in [1.807, 2.05) is 6.92 Å². The summed E-state index contributed by atoms with van der Waals surface area (Å²) in [5.41, 5.74) is 0.337. The second-order valence-corrected chi connectivity index (χ2v) is 6.49. The van der Waals surface area contributed by atoms with Crippen LogP contribution in [0, 0.1) is 5.41 Å². The van der Waals surface area contributed by atoms with E-state index in [0.717, 1.165) is 25.9 Å². The normalized spacial score (nSPS) is 33.4. The molecular weight excluding hydrogens is 240 g/mol. The Morgan fingerprint density at radius 3 is 2.68 bits per heavy atom. The Labute approximate surface area is 115 Å². The van der Waals surface area contributed by atoms with Crippen molar-refractivity contribution in [1.29, 1.82) is 0 Å². The van der Waals surface area contributed by atoms with Gasteiger partial charge in [0.1, 0.15) is 0 Å². The molecule has 3 unspecified atom stereocenters. The van der Waals surface area contributed by atoms with Crippen molar-refractivity contribution >= 4 is 5.91 Å². The third kappa shape index (κ3) is 2.40. The first kappa shape index (κ1) is 13.4. The van der Waals surface area contributed by atoms with Gasteiger partial charge in [0.15, 0.2) is 0 Å². The quantitative estimate of drug-likeness (QED) is 0.767. The number of carbonyl (C=O) groups excluding carboxylic acids is 1. The van der Waals surface area contributed by atoms with Crippen molar-refractivity contribution in [3.63, 3.8) is 0 Å². The van der Waals surface area contributed by atoms with Gasteiger partial charge in [0.2, 0.25) is 5.91 Å². The van der Waals surface area contributed by atoms with Gasteiger partial charge in [0.25, 0.3) is 0 Å². The van der Waals surface area contributed by atoms with E-state index < -0.39 is 0 Å². The number of rotatable bonds is 6. The third-order valence-electron chi connectivity index (χ3n) is 5.21. The number of amides is 1. The predicted molar refractivity (Wildman–Crippen MR) is 73.9 cm³/mol. The predicted octanol–water partition coefficient (Wildman–Crippen LogP) is 1.59. The van der Waals surface area contributed by atoms with Crippen molar-refractivity contribution in [2.75, 3.05) is 6.61 Å². The van der Waals surface area contributed by atoms with E-state index in [0.29, 0.717) is 23.6 Å².